The lowest BCUT2D eigenvalue weighted by atomic mass is 9.98. The summed E-state index contributed by atoms with van der Waals surface area (Å²) >= 11 is 0. The van der Waals surface area contributed by atoms with Gasteiger partial charge in [-0.25, -0.2) is 14.8 Å². The highest BCUT2D eigenvalue weighted by Crippen LogP contribution is 2.27. The molecule has 1 aliphatic heterocycles. The molecule has 3 aromatic rings. The highest BCUT2D eigenvalue weighted by molar-refractivity contribution is 6.00. The number of carboxylic acids is 1. The third-order valence-corrected chi connectivity index (χ3v) is 4.91. The number of aromatic nitrogens is 3. The second-order valence-electron chi connectivity index (χ2n) is 6.66. The largest absolute Gasteiger partial charge is 0.478 e. The number of piperidine rings is 1. The minimum absolute atomic E-state index is 0.183. The molecule has 0 bridgehead atoms. The Kier molecular flexibility index (Phi) is 3.87. The highest BCUT2D eigenvalue weighted by atomic mass is 16.4. The number of aromatic carboxylic acids is 1. The van der Waals surface area contributed by atoms with Crippen LogP contribution in [0.1, 0.15) is 30.1 Å². The summed E-state index contributed by atoms with van der Waals surface area (Å²) in [6, 6.07) is 9.72. The summed E-state index contributed by atoms with van der Waals surface area (Å²) in [5, 5.41) is 9.28. The predicted molar refractivity (Wildman–Crippen MR) is 96.9 cm³/mol. The number of carboxylic acid groups (broad SMARTS) is 1. The van der Waals surface area contributed by atoms with E-state index in [1.165, 1.54) is 30.8 Å². The molecule has 6 nitrogen and oxygen atoms in total. The van der Waals surface area contributed by atoms with Gasteiger partial charge in [0.1, 0.15) is 5.82 Å². The van der Waals surface area contributed by atoms with Crippen LogP contribution in [0.3, 0.4) is 0 Å². The third kappa shape index (κ3) is 2.95. The van der Waals surface area contributed by atoms with E-state index >= 15 is 0 Å². The van der Waals surface area contributed by atoms with Gasteiger partial charge in [0.25, 0.3) is 0 Å². The SMILES string of the molecule is CC1CCN(c2ccc(-c3nc4nccc(C(=O)O)c4[nH]3)cc2)CC1. The number of rotatable bonds is 3. The summed E-state index contributed by atoms with van der Waals surface area (Å²) in [5.41, 5.74) is 3.20. The van der Waals surface area contributed by atoms with Gasteiger partial charge < -0.3 is 15.0 Å². The fourth-order valence-corrected chi connectivity index (χ4v) is 3.32. The Bertz CT molecular complexity index is 909. The fraction of sp³-hybridized carbons (Fsp3) is 0.316. The van der Waals surface area contributed by atoms with Crippen LogP contribution in [-0.2, 0) is 0 Å². The zero-order valence-electron chi connectivity index (χ0n) is 14.1. The molecule has 0 spiro atoms. The minimum atomic E-state index is -0.989. The van der Waals surface area contributed by atoms with Crippen LogP contribution in [-0.4, -0.2) is 39.1 Å². The van der Waals surface area contributed by atoms with Crippen LogP contribution >= 0.6 is 0 Å². The first kappa shape index (κ1) is 15.6. The monoisotopic (exact) mass is 336 g/mol. The molecule has 0 radical (unpaired) electrons. The zero-order valence-corrected chi connectivity index (χ0v) is 14.1. The molecular weight excluding hydrogens is 316 g/mol. The van der Waals surface area contributed by atoms with Crippen molar-refractivity contribution in [3.63, 3.8) is 0 Å². The van der Waals surface area contributed by atoms with Crippen molar-refractivity contribution >= 4 is 22.8 Å². The Balaban J connectivity index is 1.63. The third-order valence-electron chi connectivity index (χ3n) is 4.91. The normalized spacial score (nSPS) is 15.6. The molecule has 3 heterocycles. The zero-order chi connectivity index (χ0) is 17.4. The molecule has 0 atom stereocenters. The van der Waals surface area contributed by atoms with Crippen molar-refractivity contribution in [1.82, 2.24) is 15.0 Å². The van der Waals surface area contributed by atoms with E-state index in [-0.39, 0.29) is 5.56 Å². The fourth-order valence-electron chi connectivity index (χ4n) is 3.32. The molecule has 0 saturated carbocycles. The second-order valence-corrected chi connectivity index (χ2v) is 6.66. The first-order chi connectivity index (χ1) is 12.1. The number of aromatic amines is 1. The topological polar surface area (TPSA) is 82.1 Å². The molecule has 1 saturated heterocycles. The van der Waals surface area contributed by atoms with Crippen molar-refractivity contribution in [2.24, 2.45) is 5.92 Å². The highest BCUT2D eigenvalue weighted by Gasteiger charge is 2.17. The predicted octanol–water partition coefficient (Wildman–Crippen LogP) is 3.56. The summed E-state index contributed by atoms with van der Waals surface area (Å²) in [6.45, 7) is 4.50. The molecule has 0 aliphatic carbocycles. The van der Waals surface area contributed by atoms with E-state index in [9.17, 15) is 9.90 Å². The van der Waals surface area contributed by atoms with Crippen molar-refractivity contribution in [3.8, 4) is 11.4 Å². The summed E-state index contributed by atoms with van der Waals surface area (Å²) in [6.07, 6.45) is 3.93. The smallest absolute Gasteiger partial charge is 0.338 e. The molecule has 4 rings (SSSR count). The maximum absolute atomic E-state index is 11.3. The van der Waals surface area contributed by atoms with Crippen molar-refractivity contribution in [3.05, 3.63) is 42.1 Å². The van der Waals surface area contributed by atoms with Crippen LogP contribution in [0, 0.1) is 5.92 Å². The second kappa shape index (κ2) is 6.20. The maximum atomic E-state index is 11.3. The van der Waals surface area contributed by atoms with Gasteiger partial charge in [-0.05, 0) is 49.1 Å². The van der Waals surface area contributed by atoms with Gasteiger partial charge in [0.15, 0.2) is 5.65 Å². The van der Waals surface area contributed by atoms with Gasteiger partial charge in [-0.15, -0.1) is 0 Å². The molecule has 6 heteroatoms. The van der Waals surface area contributed by atoms with Crippen LogP contribution in [0.2, 0.25) is 0 Å². The number of pyridine rings is 1. The quantitative estimate of drug-likeness (QED) is 0.764. The number of anilines is 1. The van der Waals surface area contributed by atoms with Gasteiger partial charge in [-0.2, -0.15) is 0 Å². The van der Waals surface area contributed by atoms with Crippen LogP contribution in [0.5, 0.6) is 0 Å². The lowest BCUT2D eigenvalue weighted by molar-refractivity contribution is 0.0698. The number of carbonyl (C=O) groups is 1. The number of nitrogens with one attached hydrogen (secondary N) is 1. The van der Waals surface area contributed by atoms with E-state index < -0.39 is 5.97 Å². The number of imidazole rings is 1. The Morgan fingerprint density at radius 3 is 2.60 bits per heavy atom. The Hall–Kier alpha value is -2.89. The van der Waals surface area contributed by atoms with Gasteiger partial charge in [-0.1, -0.05) is 6.92 Å². The van der Waals surface area contributed by atoms with E-state index in [4.69, 9.17) is 0 Å². The van der Waals surface area contributed by atoms with Gasteiger partial charge in [-0.3, -0.25) is 0 Å². The molecule has 1 fully saturated rings. The number of hydrogen-bond donors (Lipinski definition) is 2. The number of fused-ring (bicyclic) bond motifs is 1. The number of nitrogens with zero attached hydrogens (tertiary/aromatic N) is 3. The molecule has 128 valence electrons. The number of hydrogen-bond acceptors (Lipinski definition) is 4. The summed E-state index contributed by atoms with van der Waals surface area (Å²) in [5.74, 6) is 0.453. The van der Waals surface area contributed by atoms with E-state index in [0.29, 0.717) is 17.0 Å². The molecule has 1 aliphatic rings. The van der Waals surface area contributed by atoms with E-state index in [1.54, 1.807) is 0 Å². The summed E-state index contributed by atoms with van der Waals surface area (Å²) < 4.78 is 0. The minimum Gasteiger partial charge on any atom is -0.478 e. The lowest BCUT2D eigenvalue weighted by Gasteiger charge is -2.32. The van der Waals surface area contributed by atoms with Crippen LogP contribution in [0.4, 0.5) is 5.69 Å². The van der Waals surface area contributed by atoms with Crippen LogP contribution in [0.15, 0.2) is 36.5 Å². The number of H-pyrrole nitrogens is 1. The van der Waals surface area contributed by atoms with Gasteiger partial charge in [0.2, 0.25) is 0 Å². The Morgan fingerprint density at radius 1 is 1.20 bits per heavy atom. The van der Waals surface area contributed by atoms with E-state index in [2.05, 4.69) is 38.9 Å². The Labute approximate surface area is 145 Å². The van der Waals surface area contributed by atoms with Gasteiger partial charge >= 0.3 is 5.97 Å². The van der Waals surface area contributed by atoms with Crippen molar-refractivity contribution in [2.75, 3.05) is 18.0 Å². The molecule has 0 unspecified atom stereocenters. The standard InChI is InChI=1S/C19H20N4O2/c1-12-7-10-23(11-8-12)14-4-2-13(3-5-14)17-21-16-15(19(24)25)6-9-20-18(16)22-17/h2-6,9,12H,7-8,10-11H2,1H3,(H,24,25)(H,20,21,22). The average Bonchev–Trinajstić information content (AvgIpc) is 3.06. The van der Waals surface area contributed by atoms with E-state index in [1.807, 2.05) is 12.1 Å². The van der Waals surface area contributed by atoms with Gasteiger partial charge in [0.05, 0.1) is 11.1 Å². The molecule has 25 heavy (non-hydrogen) atoms. The molecule has 0 amide bonds. The van der Waals surface area contributed by atoms with Crippen LogP contribution < -0.4 is 4.90 Å². The Morgan fingerprint density at radius 2 is 1.92 bits per heavy atom. The molecule has 2 aromatic heterocycles. The van der Waals surface area contributed by atoms with Crippen molar-refractivity contribution in [2.45, 2.75) is 19.8 Å². The first-order valence-electron chi connectivity index (χ1n) is 8.55. The van der Waals surface area contributed by atoms with Crippen LogP contribution in [0.25, 0.3) is 22.6 Å². The van der Waals surface area contributed by atoms with Crippen molar-refractivity contribution < 1.29 is 9.90 Å². The molecule has 1 aromatic carbocycles. The average molecular weight is 336 g/mol. The number of benzene rings is 1. The molecular formula is C19H20N4O2. The van der Waals surface area contributed by atoms with Crippen molar-refractivity contribution in [1.29, 1.82) is 0 Å². The summed E-state index contributed by atoms with van der Waals surface area (Å²) in [4.78, 5) is 25.4. The van der Waals surface area contributed by atoms with E-state index in [0.717, 1.165) is 24.6 Å². The summed E-state index contributed by atoms with van der Waals surface area (Å²) in [7, 11) is 0. The molecule has 2 N–H and O–H groups in total. The van der Waals surface area contributed by atoms with Gasteiger partial charge in [0, 0.05) is 30.5 Å². The maximum Gasteiger partial charge on any atom is 0.338 e. The lowest BCUT2D eigenvalue weighted by Crippen LogP contribution is -2.32. The first-order valence-corrected chi connectivity index (χ1v) is 8.55.